The molecule has 1 unspecified atom stereocenters. The second kappa shape index (κ2) is 4.58. The number of nitrogens with zero attached hydrogens (tertiary/aromatic N) is 1. The van der Waals surface area contributed by atoms with Gasteiger partial charge >= 0.3 is 5.97 Å². The van der Waals surface area contributed by atoms with Crippen LogP contribution in [0.3, 0.4) is 0 Å². The first-order valence-electron chi connectivity index (χ1n) is 7.50. The van der Waals surface area contributed by atoms with Gasteiger partial charge in [-0.1, -0.05) is 24.0 Å². The average Bonchev–Trinajstić information content (AvgIpc) is 2.69. The maximum Gasteiger partial charge on any atom is 0.324 e. The van der Waals surface area contributed by atoms with Gasteiger partial charge < -0.3 is 5.11 Å². The summed E-state index contributed by atoms with van der Waals surface area (Å²) >= 11 is 7.04. The standard InChI is InChI=1S/C14H20N2O2S2/c17-11(18)7-16-13(19)20-12(15-16)14-4-8-1-9(5-14)3-10(2-8)6-14/h8-10,12,15H,1-7H2,(H,17,18). The van der Waals surface area contributed by atoms with E-state index in [-0.39, 0.29) is 6.54 Å². The van der Waals surface area contributed by atoms with Crippen molar-refractivity contribution in [3.05, 3.63) is 0 Å². The fraction of sp³-hybridized carbons (Fsp3) is 0.857. The van der Waals surface area contributed by atoms with E-state index in [0.29, 0.717) is 15.1 Å². The Kier molecular flexibility index (Phi) is 3.06. The minimum Gasteiger partial charge on any atom is -0.480 e. The second-order valence-electron chi connectivity index (χ2n) is 7.15. The van der Waals surface area contributed by atoms with Crippen molar-refractivity contribution in [2.45, 2.75) is 43.9 Å². The van der Waals surface area contributed by atoms with Crippen LogP contribution in [0, 0.1) is 23.2 Å². The smallest absolute Gasteiger partial charge is 0.324 e. The maximum absolute atomic E-state index is 10.9. The van der Waals surface area contributed by atoms with Crippen molar-refractivity contribution in [1.29, 1.82) is 0 Å². The van der Waals surface area contributed by atoms with Crippen LogP contribution in [0.25, 0.3) is 0 Å². The number of carbonyl (C=O) groups is 1. The molecule has 0 amide bonds. The molecule has 4 nitrogen and oxygen atoms in total. The van der Waals surface area contributed by atoms with E-state index in [4.69, 9.17) is 17.3 Å². The molecule has 1 aliphatic heterocycles. The largest absolute Gasteiger partial charge is 0.480 e. The average molecular weight is 312 g/mol. The second-order valence-corrected chi connectivity index (χ2v) is 8.89. The molecule has 2 N–H and O–H groups in total. The summed E-state index contributed by atoms with van der Waals surface area (Å²) in [6.45, 7) is -0.0330. The lowest BCUT2D eigenvalue weighted by Gasteiger charge is -2.58. The monoisotopic (exact) mass is 312 g/mol. The van der Waals surface area contributed by atoms with E-state index in [9.17, 15) is 4.79 Å². The zero-order valence-electron chi connectivity index (χ0n) is 11.4. The van der Waals surface area contributed by atoms with Gasteiger partial charge in [0.1, 0.15) is 6.54 Å². The minimum absolute atomic E-state index is 0.0330. The predicted molar refractivity (Wildman–Crippen MR) is 82.1 cm³/mol. The van der Waals surface area contributed by atoms with Crippen LogP contribution >= 0.6 is 24.0 Å². The Bertz CT molecular complexity index is 433. The number of thiocarbonyl (C=S) groups is 1. The zero-order chi connectivity index (χ0) is 13.9. The van der Waals surface area contributed by atoms with Crippen LogP contribution < -0.4 is 5.43 Å². The van der Waals surface area contributed by atoms with Crippen molar-refractivity contribution in [1.82, 2.24) is 10.4 Å². The van der Waals surface area contributed by atoms with E-state index in [1.807, 2.05) is 0 Å². The summed E-state index contributed by atoms with van der Waals surface area (Å²) in [5, 5.41) is 10.9. The molecule has 1 saturated heterocycles. The van der Waals surface area contributed by atoms with Gasteiger partial charge in [0.2, 0.25) is 0 Å². The lowest BCUT2D eigenvalue weighted by molar-refractivity contribution is -0.138. The molecule has 0 spiro atoms. The number of thioether (sulfide) groups is 1. The van der Waals surface area contributed by atoms with E-state index in [0.717, 1.165) is 17.8 Å². The van der Waals surface area contributed by atoms with E-state index in [2.05, 4.69) is 5.43 Å². The number of hydrogen-bond donors (Lipinski definition) is 2. The van der Waals surface area contributed by atoms with Gasteiger partial charge in [-0.15, -0.1) is 0 Å². The number of hydrazine groups is 1. The topological polar surface area (TPSA) is 52.6 Å². The van der Waals surface area contributed by atoms with Crippen molar-refractivity contribution in [2.75, 3.05) is 6.54 Å². The molecular weight excluding hydrogens is 292 g/mol. The molecular formula is C14H20N2O2S2. The molecule has 1 heterocycles. The van der Waals surface area contributed by atoms with Crippen LogP contribution in [-0.4, -0.2) is 32.3 Å². The molecule has 4 aliphatic carbocycles. The number of carboxylic acid groups (broad SMARTS) is 1. The fourth-order valence-corrected chi connectivity index (χ4v) is 6.96. The van der Waals surface area contributed by atoms with Crippen LogP contribution in [0.2, 0.25) is 0 Å². The molecule has 5 aliphatic rings. The molecule has 0 aromatic rings. The number of nitrogens with one attached hydrogen (secondary N) is 1. The summed E-state index contributed by atoms with van der Waals surface area (Å²) < 4.78 is 0.702. The third-order valence-corrected chi connectivity index (χ3v) is 7.42. The molecule has 0 radical (unpaired) electrons. The Morgan fingerprint density at radius 2 is 1.85 bits per heavy atom. The van der Waals surface area contributed by atoms with Crippen LogP contribution in [0.1, 0.15) is 38.5 Å². The summed E-state index contributed by atoms with van der Waals surface area (Å²) in [4.78, 5) is 10.9. The lowest BCUT2D eigenvalue weighted by Crippen LogP contribution is -2.55. The van der Waals surface area contributed by atoms with E-state index >= 15 is 0 Å². The third kappa shape index (κ3) is 2.07. The first-order chi connectivity index (χ1) is 9.54. The Labute approximate surface area is 128 Å². The van der Waals surface area contributed by atoms with E-state index < -0.39 is 5.97 Å². The van der Waals surface area contributed by atoms with Gasteiger partial charge in [-0.3, -0.25) is 9.80 Å². The van der Waals surface area contributed by atoms with Crippen LogP contribution in [0.4, 0.5) is 0 Å². The van der Waals surface area contributed by atoms with Crippen molar-refractivity contribution >= 4 is 34.3 Å². The Balaban J connectivity index is 1.53. The van der Waals surface area contributed by atoms with E-state index in [1.165, 1.54) is 38.5 Å². The third-order valence-electron chi connectivity index (χ3n) is 5.65. The highest BCUT2D eigenvalue weighted by Gasteiger charge is 2.56. The molecule has 4 saturated carbocycles. The van der Waals surface area contributed by atoms with Crippen molar-refractivity contribution < 1.29 is 9.90 Å². The Morgan fingerprint density at radius 3 is 2.35 bits per heavy atom. The van der Waals surface area contributed by atoms with Crippen molar-refractivity contribution in [3.63, 3.8) is 0 Å². The lowest BCUT2D eigenvalue weighted by atomic mass is 9.49. The normalized spacial score (nSPS) is 46.2. The van der Waals surface area contributed by atoms with Crippen LogP contribution in [0.5, 0.6) is 0 Å². The van der Waals surface area contributed by atoms with Gasteiger partial charge in [-0.05, 0) is 61.7 Å². The van der Waals surface area contributed by atoms with Gasteiger partial charge in [0.15, 0.2) is 4.32 Å². The summed E-state index contributed by atoms with van der Waals surface area (Å²) in [7, 11) is 0. The Morgan fingerprint density at radius 1 is 1.30 bits per heavy atom. The molecule has 0 aromatic carbocycles. The van der Waals surface area contributed by atoms with Gasteiger partial charge in [0, 0.05) is 0 Å². The number of aliphatic carboxylic acids is 1. The molecule has 110 valence electrons. The first kappa shape index (κ1) is 13.3. The SMILES string of the molecule is O=C(O)CN1NC(C23CC4CC(CC(C4)C2)C3)SC1=S. The summed E-state index contributed by atoms with van der Waals surface area (Å²) in [6.07, 6.45) is 8.23. The van der Waals surface area contributed by atoms with Gasteiger partial charge in [0.25, 0.3) is 0 Å². The fourth-order valence-electron chi connectivity index (χ4n) is 5.39. The Hall–Kier alpha value is -0.330. The van der Waals surface area contributed by atoms with Gasteiger partial charge in [0.05, 0.1) is 5.37 Å². The minimum atomic E-state index is -0.827. The quantitative estimate of drug-likeness (QED) is 0.781. The highest BCUT2D eigenvalue weighted by Crippen LogP contribution is 2.63. The van der Waals surface area contributed by atoms with Gasteiger partial charge in [-0.2, -0.15) is 0 Å². The zero-order valence-corrected chi connectivity index (χ0v) is 13.0. The molecule has 0 aromatic heterocycles. The van der Waals surface area contributed by atoms with Gasteiger partial charge in [-0.25, -0.2) is 5.43 Å². The number of hydrogen-bond acceptors (Lipinski definition) is 4. The summed E-state index contributed by atoms with van der Waals surface area (Å²) in [5.41, 5.74) is 3.76. The predicted octanol–water partition coefficient (Wildman–Crippen LogP) is 2.45. The number of carboxylic acids is 1. The molecule has 5 rings (SSSR count). The molecule has 6 heteroatoms. The highest BCUT2D eigenvalue weighted by atomic mass is 32.2. The molecule has 4 bridgehead atoms. The van der Waals surface area contributed by atoms with Crippen LogP contribution in [-0.2, 0) is 4.79 Å². The highest BCUT2D eigenvalue weighted by molar-refractivity contribution is 8.23. The number of rotatable bonds is 3. The summed E-state index contributed by atoms with van der Waals surface area (Å²) in [6, 6.07) is 0. The molecule has 1 atom stereocenters. The van der Waals surface area contributed by atoms with E-state index in [1.54, 1.807) is 16.8 Å². The molecule has 20 heavy (non-hydrogen) atoms. The maximum atomic E-state index is 10.9. The van der Waals surface area contributed by atoms with Crippen molar-refractivity contribution in [2.24, 2.45) is 23.2 Å². The summed E-state index contributed by atoms with van der Waals surface area (Å²) in [5.74, 6) is 1.90. The first-order valence-corrected chi connectivity index (χ1v) is 8.79. The van der Waals surface area contributed by atoms with Crippen molar-refractivity contribution in [3.8, 4) is 0 Å². The molecule has 5 fully saturated rings. The van der Waals surface area contributed by atoms with Crippen LogP contribution in [0.15, 0.2) is 0 Å².